The number of thiocarbonyl (C=S) groups is 1. The molecule has 0 fully saturated rings. The van der Waals surface area contributed by atoms with Crippen LogP contribution in [0, 0.1) is 6.92 Å². The molecule has 4 nitrogen and oxygen atoms in total. The molecule has 2 rings (SSSR count). The van der Waals surface area contributed by atoms with E-state index in [0.717, 1.165) is 26.9 Å². The molecule has 0 saturated carbocycles. The summed E-state index contributed by atoms with van der Waals surface area (Å²) in [4.78, 5) is 5.61. The van der Waals surface area contributed by atoms with Crippen LogP contribution in [0.15, 0.2) is 35.4 Å². The van der Waals surface area contributed by atoms with Gasteiger partial charge in [-0.25, -0.2) is 4.98 Å². The third-order valence-electron chi connectivity index (χ3n) is 2.48. The van der Waals surface area contributed by atoms with Crippen molar-refractivity contribution in [3.8, 4) is 10.6 Å². The summed E-state index contributed by atoms with van der Waals surface area (Å²) in [5, 5.41) is 5.27. The van der Waals surface area contributed by atoms with Gasteiger partial charge in [-0.2, -0.15) is 5.10 Å². The Morgan fingerprint density at radius 1 is 1.37 bits per heavy atom. The van der Waals surface area contributed by atoms with Crippen LogP contribution in [0.2, 0.25) is 0 Å². The van der Waals surface area contributed by atoms with Crippen LogP contribution in [0.3, 0.4) is 0 Å². The van der Waals surface area contributed by atoms with E-state index in [2.05, 4.69) is 15.5 Å². The van der Waals surface area contributed by atoms with E-state index in [1.165, 1.54) is 0 Å². The van der Waals surface area contributed by atoms with Gasteiger partial charge in [-0.3, -0.25) is 5.43 Å². The molecule has 3 N–H and O–H groups in total. The Kier molecular flexibility index (Phi) is 4.24. The topological polar surface area (TPSA) is 63.3 Å². The first-order valence-corrected chi connectivity index (χ1v) is 6.93. The normalized spacial score (nSPS) is 11.4. The summed E-state index contributed by atoms with van der Waals surface area (Å²) in [5.74, 6) is 0. The molecule has 0 spiro atoms. The number of aromatic nitrogens is 1. The van der Waals surface area contributed by atoms with Crippen LogP contribution in [-0.2, 0) is 0 Å². The number of nitrogens with zero attached hydrogens (tertiary/aromatic N) is 2. The maximum Gasteiger partial charge on any atom is 0.184 e. The Labute approximate surface area is 121 Å². The maximum absolute atomic E-state index is 5.35. The number of thiazole rings is 1. The van der Waals surface area contributed by atoms with Crippen LogP contribution in [0.4, 0.5) is 0 Å². The summed E-state index contributed by atoms with van der Waals surface area (Å²) >= 11 is 6.33. The van der Waals surface area contributed by atoms with Gasteiger partial charge in [0, 0.05) is 5.56 Å². The van der Waals surface area contributed by atoms with Crippen molar-refractivity contribution in [1.29, 1.82) is 0 Å². The zero-order valence-electron chi connectivity index (χ0n) is 10.7. The lowest BCUT2D eigenvalue weighted by Gasteiger charge is -1.99. The van der Waals surface area contributed by atoms with Gasteiger partial charge in [-0.15, -0.1) is 11.3 Å². The Hall–Kier alpha value is -1.79. The predicted molar refractivity (Wildman–Crippen MR) is 84.4 cm³/mol. The molecule has 0 bridgehead atoms. The van der Waals surface area contributed by atoms with Crippen molar-refractivity contribution in [3.63, 3.8) is 0 Å². The molecule has 1 heterocycles. The highest BCUT2D eigenvalue weighted by molar-refractivity contribution is 7.80. The molecule has 1 aromatic carbocycles. The van der Waals surface area contributed by atoms with E-state index in [9.17, 15) is 0 Å². The molecule has 0 unspecified atom stereocenters. The second-order valence-corrected chi connectivity index (χ2v) is 5.41. The van der Waals surface area contributed by atoms with E-state index in [0.29, 0.717) is 0 Å². The van der Waals surface area contributed by atoms with E-state index >= 15 is 0 Å². The number of hydrogen-bond acceptors (Lipinski definition) is 4. The zero-order valence-corrected chi connectivity index (χ0v) is 12.3. The average molecular weight is 290 g/mol. The van der Waals surface area contributed by atoms with Crippen molar-refractivity contribution in [2.75, 3.05) is 0 Å². The first-order valence-electron chi connectivity index (χ1n) is 5.71. The van der Waals surface area contributed by atoms with Gasteiger partial charge in [0.1, 0.15) is 5.01 Å². The molecule has 19 heavy (non-hydrogen) atoms. The van der Waals surface area contributed by atoms with Crippen molar-refractivity contribution in [2.24, 2.45) is 10.8 Å². The standard InChI is InChI=1S/C13H14N4S2/c1-8-11(9(2)16-17-13(14)18)19-12(15-8)10-6-4-3-5-7-10/h3-7H,1-2H3,(H3,14,17,18). The van der Waals surface area contributed by atoms with Crippen molar-refractivity contribution in [3.05, 3.63) is 40.9 Å². The lowest BCUT2D eigenvalue weighted by Crippen LogP contribution is -2.25. The summed E-state index contributed by atoms with van der Waals surface area (Å²) < 4.78 is 0. The summed E-state index contributed by atoms with van der Waals surface area (Å²) in [6.45, 7) is 3.87. The molecule has 6 heteroatoms. The SMILES string of the molecule is CC(=NNC(N)=S)c1sc(-c2ccccc2)nc1C. The van der Waals surface area contributed by atoms with Gasteiger partial charge in [-0.1, -0.05) is 30.3 Å². The second kappa shape index (κ2) is 5.90. The molecule has 98 valence electrons. The fraction of sp³-hybridized carbons (Fsp3) is 0.154. The number of nitrogens with two attached hydrogens (primary N) is 1. The van der Waals surface area contributed by atoms with Gasteiger partial charge in [0.15, 0.2) is 5.11 Å². The fourth-order valence-corrected chi connectivity index (χ4v) is 2.69. The Morgan fingerprint density at radius 2 is 2.05 bits per heavy atom. The highest BCUT2D eigenvalue weighted by atomic mass is 32.1. The zero-order chi connectivity index (χ0) is 13.8. The van der Waals surface area contributed by atoms with Crippen LogP contribution in [0.1, 0.15) is 17.5 Å². The molecule has 0 atom stereocenters. The maximum atomic E-state index is 5.35. The quantitative estimate of drug-likeness (QED) is 0.518. The van der Waals surface area contributed by atoms with Crippen LogP contribution in [0.25, 0.3) is 10.6 Å². The second-order valence-electron chi connectivity index (χ2n) is 3.97. The van der Waals surface area contributed by atoms with Gasteiger partial charge >= 0.3 is 0 Å². The number of benzene rings is 1. The largest absolute Gasteiger partial charge is 0.375 e. The van der Waals surface area contributed by atoms with Gasteiger partial charge in [0.05, 0.1) is 16.3 Å². The fourth-order valence-electron chi connectivity index (χ4n) is 1.63. The van der Waals surface area contributed by atoms with E-state index in [1.807, 2.05) is 44.2 Å². The molecule has 2 aromatic rings. The Bertz CT molecular complexity index is 617. The third-order valence-corrected chi connectivity index (χ3v) is 3.89. The van der Waals surface area contributed by atoms with Crippen molar-refractivity contribution in [2.45, 2.75) is 13.8 Å². The smallest absolute Gasteiger partial charge is 0.184 e. The summed E-state index contributed by atoms with van der Waals surface area (Å²) in [6, 6.07) is 10.1. The molecule has 0 radical (unpaired) electrons. The molecule has 0 amide bonds. The van der Waals surface area contributed by atoms with Crippen LogP contribution in [-0.4, -0.2) is 15.8 Å². The van der Waals surface area contributed by atoms with E-state index in [4.69, 9.17) is 18.0 Å². The van der Waals surface area contributed by atoms with Gasteiger partial charge < -0.3 is 5.73 Å². The number of hydrazone groups is 1. The minimum atomic E-state index is 0.157. The lowest BCUT2D eigenvalue weighted by molar-refractivity contribution is 1.03. The minimum absolute atomic E-state index is 0.157. The van der Waals surface area contributed by atoms with Gasteiger partial charge in [-0.05, 0) is 26.1 Å². The number of aryl methyl sites for hydroxylation is 1. The van der Waals surface area contributed by atoms with Crippen molar-refractivity contribution < 1.29 is 0 Å². The molecular weight excluding hydrogens is 276 g/mol. The Morgan fingerprint density at radius 3 is 2.68 bits per heavy atom. The van der Waals surface area contributed by atoms with Crippen LogP contribution >= 0.6 is 23.6 Å². The van der Waals surface area contributed by atoms with Gasteiger partial charge in [0.2, 0.25) is 0 Å². The number of nitrogens with one attached hydrogen (secondary N) is 1. The molecule has 0 aliphatic carbocycles. The highest BCUT2D eigenvalue weighted by Crippen LogP contribution is 2.28. The van der Waals surface area contributed by atoms with Crippen LogP contribution in [0.5, 0.6) is 0 Å². The predicted octanol–water partition coefficient (Wildman–Crippen LogP) is 2.68. The van der Waals surface area contributed by atoms with E-state index in [-0.39, 0.29) is 5.11 Å². The van der Waals surface area contributed by atoms with Crippen molar-refractivity contribution in [1.82, 2.24) is 10.4 Å². The number of hydrogen-bond donors (Lipinski definition) is 2. The first kappa shape index (κ1) is 13.6. The van der Waals surface area contributed by atoms with Crippen LogP contribution < -0.4 is 11.2 Å². The van der Waals surface area contributed by atoms with Crippen molar-refractivity contribution >= 4 is 34.4 Å². The van der Waals surface area contributed by atoms with E-state index < -0.39 is 0 Å². The average Bonchev–Trinajstić information content (AvgIpc) is 2.79. The molecule has 1 aromatic heterocycles. The Balaban J connectivity index is 2.32. The lowest BCUT2D eigenvalue weighted by atomic mass is 10.2. The molecule has 0 saturated heterocycles. The number of rotatable bonds is 3. The first-order chi connectivity index (χ1) is 9.08. The molecule has 0 aliphatic heterocycles. The minimum Gasteiger partial charge on any atom is -0.375 e. The van der Waals surface area contributed by atoms with E-state index in [1.54, 1.807) is 11.3 Å². The summed E-state index contributed by atoms with van der Waals surface area (Å²) in [5.41, 5.74) is 10.8. The summed E-state index contributed by atoms with van der Waals surface area (Å²) in [7, 11) is 0. The highest BCUT2D eigenvalue weighted by Gasteiger charge is 2.11. The molecule has 0 aliphatic rings. The summed E-state index contributed by atoms with van der Waals surface area (Å²) in [6.07, 6.45) is 0. The molecular formula is C13H14N4S2. The van der Waals surface area contributed by atoms with Gasteiger partial charge in [0.25, 0.3) is 0 Å². The monoisotopic (exact) mass is 290 g/mol. The third kappa shape index (κ3) is 3.36.